The van der Waals surface area contributed by atoms with Gasteiger partial charge in [0, 0.05) is 17.6 Å². The van der Waals surface area contributed by atoms with Gasteiger partial charge in [-0.3, -0.25) is 14.9 Å². The molecule has 2 aromatic rings. The molecule has 1 heterocycles. The zero-order valence-corrected chi connectivity index (χ0v) is 17.5. The second-order valence-corrected chi connectivity index (χ2v) is 8.49. The number of carbonyl (C=O) groups excluding carboxylic acids is 3. The first kappa shape index (κ1) is 20.1. The smallest absolute Gasteiger partial charge is 0.412 e. The summed E-state index contributed by atoms with van der Waals surface area (Å²) in [6, 6.07) is 12.5. The van der Waals surface area contributed by atoms with Crippen molar-refractivity contribution in [3.63, 3.8) is 0 Å². The van der Waals surface area contributed by atoms with Crippen LogP contribution >= 0.6 is 15.9 Å². The van der Waals surface area contributed by atoms with Crippen molar-refractivity contribution >= 4 is 39.4 Å². The second kappa shape index (κ2) is 7.75. The van der Waals surface area contributed by atoms with Gasteiger partial charge in [0.2, 0.25) is 0 Å². The number of nitrogens with one attached hydrogen (secondary N) is 1. The van der Waals surface area contributed by atoms with Crippen LogP contribution in [0, 0.1) is 0 Å². The van der Waals surface area contributed by atoms with Crippen LogP contribution in [0.15, 0.2) is 46.9 Å². The Morgan fingerprint density at radius 1 is 1.04 bits per heavy atom. The highest BCUT2D eigenvalue weighted by Crippen LogP contribution is 2.26. The summed E-state index contributed by atoms with van der Waals surface area (Å²) in [4.78, 5) is 39.3. The maximum absolute atomic E-state index is 12.9. The van der Waals surface area contributed by atoms with Gasteiger partial charge in [0.1, 0.15) is 5.60 Å². The number of anilines is 1. The number of benzene rings is 2. The molecule has 6 nitrogen and oxygen atoms in total. The molecule has 0 aliphatic carbocycles. The molecular weight excluding hydrogens is 424 g/mol. The van der Waals surface area contributed by atoms with Crippen LogP contribution in [0.5, 0.6) is 0 Å². The summed E-state index contributed by atoms with van der Waals surface area (Å²) in [5.41, 5.74) is 1.73. The fourth-order valence-electron chi connectivity index (χ4n) is 2.96. The third-order valence-corrected chi connectivity index (χ3v) is 4.68. The number of carbonyl (C=O) groups is 3. The molecule has 0 saturated carbocycles. The van der Waals surface area contributed by atoms with E-state index in [1.54, 1.807) is 32.9 Å². The Kier molecular flexibility index (Phi) is 5.56. The molecule has 146 valence electrons. The SMILES string of the molecule is CC(C)(C)OC(=O)Nc1ccc(Br)cc1C(=O)C(=O)N1Cc2ccccc2C1. The van der Waals surface area contributed by atoms with Crippen LogP contribution in [-0.2, 0) is 22.6 Å². The van der Waals surface area contributed by atoms with Gasteiger partial charge < -0.3 is 9.64 Å². The maximum Gasteiger partial charge on any atom is 0.412 e. The number of ether oxygens (including phenoxy) is 1. The summed E-state index contributed by atoms with van der Waals surface area (Å²) in [6.45, 7) is 6.02. The predicted molar refractivity (Wildman–Crippen MR) is 109 cm³/mol. The number of Topliss-reactive ketones (excluding diaryl/α,β-unsaturated/α-hetero) is 1. The van der Waals surface area contributed by atoms with Crippen LogP contribution in [0.2, 0.25) is 0 Å². The van der Waals surface area contributed by atoms with Crippen molar-refractivity contribution in [2.24, 2.45) is 0 Å². The van der Waals surface area contributed by atoms with Crippen LogP contribution in [0.3, 0.4) is 0 Å². The standard InChI is InChI=1S/C21H21BrN2O4/c1-21(2,3)28-20(27)23-17-9-8-15(22)10-16(17)18(25)19(26)24-11-13-6-4-5-7-14(13)12-24/h4-10H,11-12H2,1-3H3,(H,23,27). The van der Waals surface area contributed by atoms with Gasteiger partial charge in [-0.15, -0.1) is 0 Å². The molecule has 0 radical (unpaired) electrons. The molecule has 0 bridgehead atoms. The largest absolute Gasteiger partial charge is 0.444 e. The van der Waals surface area contributed by atoms with Gasteiger partial charge in [0.25, 0.3) is 11.7 Å². The zero-order chi connectivity index (χ0) is 20.5. The topological polar surface area (TPSA) is 75.7 Å². The number of halogens is 1. The summed E-state index contributed by atoms with van der Waals surface area (Å²) < 4.78 is 5.87. The van der Waals surface area contributed by atoms with E-state index in [1.165, 1.54) is 11.0 Å². The van der Waals surface area contributed by atoms with E-state index in [2.05, 4.69) is 21.2 Å². The summed E-state index contributed by atoms with van der Waals surface area (Å²) in [6.07, 6.45) is -0.690. The van der Waals surface area contributed by atoms with Gasteiger partial charge in [0.05, 0.1) is 11.3 Å². The van der Waals surface area contributed by atoms with Crippen molar-refractivity contribution in [2.75, 3.05) is 5.32 Å². The number of ketones is 1. The minimum absolute atomic E-state index is 0.112. The number of rotatable bonds is 3. The maximum atomic E-state index is 12.9. The fourth-order valence-corrected chi connectivity index (χ4v) is 3.32. The average Bonchev–Trinajstić information content (AvgIpc) is 3.04. The van der Waals surface area contributed by atoms with Gasteiger partial charge in [-0.1, -0.05) is 40.2 Å². The van der Waals surface area contributed by atoms with Gasteiger partial charge in [-0.2, -0.15) is 0 Å². The number of hydrogen-bond acceptors (Lipinski definition) is 4. The lowest BCUT2D eigenvalue weighted by molar-refractivity contribution is -0.127. The molecule has 1 aliphatic rings. The molecule has 0 unspecified atom stereocenters. The van der Waals surface area contributed by atoms with E-state index in [4.69, 9.17) is 4.74 Å². The summed E-state index contributed by atoms with van der Waals surface area (Å²) in [5.74, 6) is -1.29. The highest BCUT2D eigenvalue weighted by atomic mass is 79.9. The lowest BCUT2D eigenvalue weighted by atomic mass is 10.1. The average molecular weight is 445 g/mol. The normalized spacial score (nSPS) is 13.1. The first-order chi connectivity index (χ1) is 13.1. The fraction of sp³-hybridized carbons (Fsp3) is 0.286. The Morgan fingerprint density at radius 2 is 1.64 bits per heavy atom. The lowest BCUT2D eigenvalue weighted by Gasteiger charge is -2.21. The monoisotopic (exact) mass is 444 g/mol. The predicted octanol–water partition coefficient (Wildman–Crippen LogP) is 4.52. The zero-order valence-electron chi connectivity index (χ0n) is 15.9. The van der Waals surface area contributed by atoms with Gasteiger partial charge in [0.15, 0.2) is 0 Å². The molecule has 3 rings (SSSR count). The molecular formula is C21H21BrN2O4. The highest BCUT2D eigenvalue weighted by Gasteiger charge is 2.30. The number of fused-ring (bicyclic) bond motifs is 1. The molecule has 0 saturated heterocycles. The minimum atomic E-state index is -0.690. The molecule has 0 fully saturated rings. The third kappa shape index (κ3) is 4.59. The van der Waals surface area contributed by atoms with Crippen LogP contribution in [-0.4, -0.2) is 28.3 Å². The van der Waals surface area contributed by atoms with Crippen LogP contribution in [0.25, 0.3) is 0 Å². The molecule has 0 aromatic heterocycles. The van der Waals surface area contributed by atoms with Crippen molar-refractivity contribution in [1.82, 2.24) is 4.90 Å². The van der Waals surface area contributed by atoms with E-state index in [1.807, 2.05) is 24.3 Å². The van der Waals surface area contributed by atoms with Crippen LogP contribution < -0.4 is 5.32 Å². The van der Waals surface area contributed by atoms with Crippen molar-refractivity contribution in [3.05, 3.63) is 63.6 Å². The van der Waals surface area contributed by atoms with Crippen molar-refractivity contribution in [1.29, 1.82) is 0 Å². The first-order valence-corrected chi connectivity index (χ1v) is 9.63. The van der Waals surface area contributed by atoms with E-state index in [0.717, 1.165) is 11.1 Å². The van der Waals surface area contributed by atoms with Gasteiger partial charge >= 0.3 is 6.09 Å². The molecule has 0 atom stereocenters. The van der Waals surface area contributed by atoms with Gasteiger partial charge in [-0.25, -0.2) is 4.79 Å². The van der Waals surface area contributed by atoms with E-state index in [0.29, 0.717) is 17.6 Å². The van der Waals surface area contributed by atoms with E-state index >= 15 is 0 Å². The van der Waals surface area contributed by atoms with E-state index in [9.17, 15) is 14.4 Å². The number of nitrogens with zero attached hydrogens (tertiary/aromatic N) is 1. The molecule has 2 amide bonds. The first-order valence-electron chi connectivity index (χ1n) is 8.84. The Morgan fingerprint density at radius 3 is 2.21 bits per heavy atom. The highest BCUT2D eigenvalue weighted by molar-refractivity contribution is 9.10. The Labute approximate surface area is 172 Å². The third-order valence-electron chi connectivity index (χ3n) is 4.18. The van der Waals surface area contributed by atoms with Crippen LogP contribution in [0.4, 0.5) is 10.5 Å². The lowest BCUT2D eigenvalue weighted by Crippen LogP contribution is -2.33. The number of hydrogen-bond donors (Lipinski definition) is 1. The molecule has 7 heteroatoms. The minimum Gasteiger partial charge on any atom is -0.444 e. The van der Waals surface area contributed by atoms with Gasteiger partial charge in [-0.05, 0) is 50.1 Å². The number of amides is 2. The van der Waals surface area contributed by atoms with E-state index < -0.39 is 23.4 Å². The van der Waals surface area contributed by atoms with E-state index in [-0.39, 0.29) is 11.3 Å². The van der Waals surface area contributed by atoms with Crippen LogP contribution in [0.1, 0.15) is 42.3 Å². The quantitative estimate of drug-likeness (QED) is 0.557. The Balaban J connectivity index is 1.80. The molecule has 0 spiro atoms. The molecule has 28 heavy (non-hydrogen) atoms. The summed E-state index contributed by atoms with van der Waals surface area (Å²) in [5, 5.41) is 2.56. The molecule has 1 N–H and O–H groups in total. The molecule has 2 aromatic carbocycles. The van der Waals surface area contributed by atoms with Crippen molar-refractivity contribution < 1.29 is 19.1 Å². The van der Waals surface area contributed by atoms with Crippen molar-refractivity contribution in [2.45, 2.75) is 39.5 Å². The summed E-state index contributed by atoms with van der Waals surface area (Å²) >= 11 is 3.31. The van der Waals surface area contributed by atoms with Crippen molar-refractivity contribution in [3.8, 4) is 0 Å². The summed E-state index contributed by atoms with van der Waals surface area (Å²) in [7, 11) is 0. The Hall–Kier alpha value is -2.67. The molecule has 1 aliphatic heterocycles. The second-order valence-electron chi connectivity index (χ2n) is 7.58. The Bertz CT molecular complexity index is 925.